The molecular formula is C36H53BClN7O8. The van der Waals surface area contributed by atoms with E-state index in [-0.39, 0.29) is 6.42 Å². The highest BCUT2D eigenvalue weighted by molar-refractivity contribution is 6.46. The topological polar surface area (TPSA) is 222 Å². The molecule has 1 saturated heterocycles. The van der Waals surface area contributed by atoms with Crippen LogP contribution in [0.5, 0.6) is 0 Å². The van der Waals surface area contributed by atoms with Crippen molar-refractivity contribution in [3.63, 3.8) is 0 Å². The number of aliphatic hydroxyl groups excluding tert-OH is 1. The van der Waals surface area contributed by atoms with Crippen molar-refractivity contribution in [3.8, 4) is 11.1 Å². The minimum Gasteiger partial charge on any atom is -0.409 e. The van der Waals surface area contributed by atoms with Crippen LogP contribution < -0.4 is 37.6 Å². The van der Waals surface area contributed by atoms with Crippen LogP contribution in [0.3, 0.4) is 0 Å². The van der Waals surface area contributed by atoms with Crippen molar-refractivity contribution in [2.45, 2.75) is 89.6 Å². The lowest BCUT2D eigenvalue weighted by molar-refractivity contribution is -0.135. The SMILES string of the molecule is CCC(NC(=O)c1ccc(-c2ccc(Cl)cc2)cc1)C(=O)NC(C(=O)NC(C)C(=O)NC(CCCCN)C(=O)NC(C)B1OCCNCCO1)C(C)O. The van der Waals surface area contributed by atoms with Gasteiger partial charge in [-0.1, -0.05) is 42.8 Å². The molecule has 15 nitrogen and oxygen atoms in total. The monoisotopic (exact) mass is 757 g/mol. The first-order valence-electron chi connectivity index (χ1n) is 18.0. The normalized spacial score (nSPS) is 16.7. The molecular weight excluding hydrogens is 705 g/mol. The number of rotatable bonds is 18. The first-order valence-corrected chi connectivity index (χ1v) is 18.4. The summed E-state index contributed by atoms with van der Waals surface area (Å²) >= 11 is 5.98. The smallest absolute Gasteiger partial charge is 0.409 e. The van der Waals surface area contributed by atoms with Gasteiger partial charge in [0.25, 0.3) is 5.91 Å². The van der Waals surface area contributed by atoms with Crippen LogP contribution in [-0.4, -0.2) is 111 Å². The zero-order valence-electron chi connectivity index (χ0n) is 30.8. The number of hydrogen-bond donors (Lipinski definition) is 8. The average Bonchev–Trinajstić information content (AvgIpc) is 3.12. The standard InChI is InChI=1S/C36H53BClN7O8/c1-5-29(43-33(48)27-11-9-25(10-12-27)26-13-15-28(38)16-14-26)34(49)45-31(23(3)46)36(51)41-22(2)32(47)44-30(8-6-7-17-39)35(50)42-24(4)37-52-20-18-40-19-21-53-37/h9-16,22-24,29-31,40,46H,5-8,17-21,39H2,1-4H3,(H,41,51)(H,42,50)(H,43,48)(H,44,47)(H,45,49). The van der Waals surface area contributed by atoms with E-state index in [9.17, 15) is 29.1 Å². The van der Waals surface area contributed by atoms with E-state index in [4.69, 9.17) is 26.6 Å². The molecule has 0 spiro atoms. The second kappa shape index (κ2) is 22.2. The Morgan fingerprint density at radius 1 is 0.792 bits per heavy atom. The average molecular weight is 758 g/mol. The van der Waals surface area contributed by atoms with Gasteiger partial charge in [0.2, 0.25) is 23.6 Å². The summed E-state index contributed by atoms with van der Waals surface area (Å²) in [7, 11) is -0.666. The lowest BCUT2D eigenvalue weighted by Crippen LogP contribution is -2.60. The largest absolute Gasteiger partial charge is 0.480 e. The van der Waals surface area contributed by atoms with Gasteiger partial charge in [0.15, 0.2) is 0 Å². The second-order valence-electron chi connectivity index (χ2n) is 13.0. The molecule has 0 radical (unpaired) electrons. The van der Waals surface area contributed by atoms with Crippen molar-refractivity contribution in [1.82, 2.24) is 31.9 Å². The summed E-state index contributed by atoms with van der Waals surface area (Å²) in [6.45, 7) is 8.70. The number of nitrogens with one attached hydrogen (secondary N) is 6. The minimum absolute atomic E-state index is 0.190. The number of carbonyl (C=O) groups is 5. The van der Waals surface area contributed by atoms with Gasteiger partial charge in [-0.05, 0) is 88.4 Å². The van der Waals surface area contributed by atoms with Crippen molar-refractivity contribution >= 4 is 48.3 Å². The van der Waals surface area contributed by atoms with Crippen molar-refractivity contribution in [1.29, 1.82) is 0 Å². The quantitative estimate of drug-likeness (QED) is 0.0785. The van der Waals surface area contributed by atoms with Gasteiger partial charge in [-0.2, -0.15) is 0 Å². The fourth-order valence-electron chi connectivity index (χ4n) is 5.49. The van der Waals surface area contributed by atoms with Crippen LogP contribution in [0, 0.1) is 0 Å². The van der Waals surface area contributed by atoms with Crippen LogP contribution in [0.1, 0.15) is 63.7 Å². The van der Waals surface area contributed by atoms with Gasteiger partial charge in [-0.3, -0.25) is 24.0 Å². The molecule has 1 aliphatic heterocycles. The molecule has 1 heterocycles. The molecule has 0 aromatic heterocycles. The van der Waals surface area contributed by atoms with E-state index in [0.29, 0.717) is 62.7 Å². The van der Waals surface area contributed by atoms with Gasteiger partial charge in [0.05, 0.1) is 12.0 Å². The maximum atomic E-state index is 13.3. The maximum absolute atomic E-state index is 13.3. The molecule has 1 aliphatic rings. The Balaban J connectivity index is 1.58. The summed E-state index contributed by atoms with van der Waals surface area (Å²) < 4.78 is 11.4. The Bertz CT molecular complexity index is 1490. The Labute approximate surface area is 316 Å². The van der Waals surface area contributed by atoms with Crippen LogP contribution in [0.25, 0.3) is 11.1 Å². The van der Waals surface area contributed by atoms with Gasteiger partial charge in [-0.15, -0.1) is 0 Å². The Morgan fingerprint density at radius 2 is 1.38 bits per heavy atom. The second-order valence-corrected chi connectivity index (χ2v) is 13.4. The van der Waals surface area contributed by atoms with E-state index in [0.717, 1.165) is 11.1 Å². The van der Waals surface area contributed by atoms with Crippen molar-refractivity contribution in [2.75, 3.05) is 32.8 Å². The molecule has 0 saturated carbocycles. The zero-order valence-corrected chi connectivity index (χ0v) is 31.5. The first-order chi connectivity index (χ1) is 25.3. The molecule has 17 heteroatoms. The third-order valence-corrected chi connectivity index (χ3v) is 8.90. The summed E-state index contributed by atoms with van der Waals surface area (Å²) in [5, 5.41) is 27.4. The molecule has 0 bridgehead atoms. The van der Waals surface area contributed by atoms with Gasteiger partial charge in [0.1, 0.15) is 24.2 Å². The molecule has 6 atom stereocenters. The lowest BCUT2D eigenvalue weighted by Gasteiger charge is -2.27. The van der Waals surface area contributed by atoms with Crippen LogP contribution in [0.2, 0.25) is 5.02 Å². The van der Waals surface area contributed by atoms with Gasteiger partial charge in [0, 0.05) is 36.9 Å². The highest BCUT2D eigenvalue weighted by Gasteiger charge is 2.34. The third kappa shape index (κ3) is 14.0. The molecule has 1 fully saturated rings. The molecule has 2 aromatic rings. The third-order valence-electron chi connectivity index (χ3n) is 8.65. The number of amides is 5. The van der Waals surface area contributed by atoms with Crippen molar-refractivity contribution in [3.05, 3.63) is 59.1 Å². The number of nitrogens with two attached hydrogens (primary N) is 1. The molecule has 6 unspecified atom stereocenters. The molecule has 53 heavy (non-hydrogen) atoms. The number of aliphatic hydroxyl groups is 1. The first kappa shape index (κ1) is 43.4. The van der Waals surface area contributed by atoms with Gasteiger partial charge >= 0.3 is 7.12 Å². The molecule has 3 rings (SSSR count). The zero-order chi connectivity index (χ0) is 38.9. The molecule has 0 aliphatic carbocycles. The predicted octanol–water partition coefficient (Wildman–Crippen LogP) is 0.668. The number of halogens is 1. The van der Waals surface area contributed by atoms with Crippen LogP contribution >= 0.6 is 11.6 Å². The van der Waals surface area contributed by atoms with Crippen LogP contribution in [0.15, 0.2) is 48.5 Å². The van der Waals surface area contributed by atoms with Crippen molar-refractivity contribution in [2.24, 2.45) is 5.73 Å². The summed E-state index contributed by atoms with van der Waals surface area (Å²) in [6, 6.07) is 9.52. The number of unbranched alkanes of at least 4 members (excludes halogenated alkanes) is 1. The number of hydrogen-bond acceptors (Lipinski definition) is 10. The fraction of sp³-hybridized carbons (Fsp3) is 0.528. The fourth-order valence-corrected chi connectivity index (χ4v) is 5.61. The van der Waals surface area contributed by atoms with E-state index in [1.165, 1.54) is 13.8 Å². The van der Waals surface area contributed by atoms with E-state index < -0.39 is 72.9 Å². The maximum Gasteiger partial charge on any atom is 0.480 e. The van der Waals surface area contributed by atoms with Crippen molar-refractivity contribution < 1.29 is 38.4 Å². The summed E-state index contributed by atoms with van der Waals surface area (Å²) in [5.41, 5.74) is 7.76. The number of benzene rings is 2. The summed E-state index contributed by atoms with van der Waals surface area (Å²) in [4.78, 5) is 66.1. The van der Waals surface area contributed by atoms with Gasteiger partial charge in [-0.25, -0.2) is 0 Å². The molecule has 2 aromatic carbocycles. The van der Waals surface area contributed by atoms with Crippen LogP contribution in [-0.2, 0) is 28.5 Å². The minimum atomic E-state index is -1.45. The van der Waals surface area contributed by atoms with E-state index in [1.807, 2.05) is 12.1 Å². The van der Waals surface area contributed by atoms with Gasteiger partial charge < -0.3 is 52.0 Å². The van der Waals surface area contributed by atoms with E-state index >= 15 is 0 Å². The Morgan fingerprint density at radius 3 is 1.94 bits per heavy atom. The lowest BCUT2D eigenvalue weighted by atomic mass is 9.79. The Hall–Kier alpha value is -4.06. The van der Waals surface area contributed by atoms with E-state index in [1.54, 1.807) is 50.2 Å². The Kier molecular flexibility index (Phi) is 18.2. The predicted molar refractivity (Wildman–Crippen MR) is 203 cm³/mol. The summed E-state index contributed by atoms with van der Waals surface area (Å²) in [6.07, 6.45) is 0.325. The van der Waals surface area contributed by atoms with Crippen LogP contribution in [0.4, 0.5) is 0 Å². The summed E-state index contributed by atoms with van der Waals surface area (Å²) in [5.74, 6) is -3.65. The molecule has 5 amide bonds. The van der Waals surface area contributed by atoms with E-state index in [2.05, 4.69) is 31.9 Å². The highest BCUT2D eigenvalue weighted by atomic mass is 35.5. The number of carbonyl (C=O) groups excluding carboxylic acids is 5. The molecule has 9 N–H and O–H groups in total. The highest BCUT2D eigenvalue weighted by Crippen LogP contribution is 2.22. The molecule has 290 valence electrons.